The van der Waals surface area contributed by atoms with Gasteiger partial charge in [-0.15, -0.1) is 0 Å². The van der Waals surface area contributed by atoms with Crippen molar-refractivity contribution in [1.82, 2.24) is 0 Å². The van der Waals surface area contributed by atoms with Gasteiger partial charge in [-0.2, -0.15) is 0 Å². The fourth-order valence-electron chi connectivity index (χ4n) is 2.01. The van der Waals surface area contributed by atoms with Gasteiger partial charge in [0.05, 0.1) is 16.4 Å². The van der Waals surface area contributed by atoms with Crippen molar-refractivity contribution in [3.8, 4) is 5.75 Å². The zero-order valence-corrected chi connectivity index (χ0v) is 20.3. The van der Waals surface area contributed by atoms with Crippen LogP contribution in [0.15, 0.2) is 53.7 Å². The largest absolute Gasteiger partial charge is 1.00 e. The number of carboxylic acid groups (broad SMARTS) is 1. The number of aliphatic hydroxyl groups is 1. The molecule has 12 heteroatoms. The number of carbonyl (C=O) groups is 1. The van der Waals surface area contributed by atoms with Gasteiger partial charge in [0.15, 0.2) is 18.9 Å². The molecule has 27 heavy (non-hydrogen) atoms. The van der Waals surface area contributed by atoms with Crippen LogP contribution in [0, 0.1) is 0 Å². The van der Waals surface area contributed by atoms with Crippen LogP contribution < -0.4 is 85.9 Å². The van der Waals surface area contributed by atoms with Crippen LogP contribution in [0.5, 0.6) is 5.75 Å². The van der Waals surface area contributed by atoms with E-state index in [2.05, 4.69) is 0 Å². The molecule has 0 fully saturated rings. The second kappa shape index (κ2) is 13.1. The molecule has 1 aromatic heterocycles. The van der Waals surface area contributed by atoms with Crippen molar-refractivity contribution in [3.05, 3.63) is 54.4 Å². The molecule has 0 aliphatic carbocycles. The van der Waals surface area contributed by atoms with Gasteiger partial charge in [-0.3, -0.25) is 0 Å². The number of ether oxygens (including phenoxy) is 1. The first-order valence-corrected chi connectivity index (χ1v) is 8.24. The minimum Gasteiger partial charge on any atom is -1.00 e. The van der Waals surface area contributed by atoms with E-state index < -0.39 is 27.1 Å². The van der Waals surface area contributed by atoms with Crippen LogP contribution in [-0.2, 0) is 16.7 Å². The van der Waals surface area contributed by atoms with E-state index in [4.69, 9.17) is 4.74 Å². The molecule has 2 aromatic rings. The number of carboxylic acids is 1. The summed E-state index contributed by atoms with van der Waals surface area (Å²) in [5, 5.41) is 20.7. The molecule has 1 aromatic carbocycles. The Morgan fingerprint density at radius 3 is 2.41 bits per heavy atom. The van der Waals surface area contributed by atoms with Crippen molar-refractivity contribution in [2.45, 2.75) is 17.5 Å². The molecule has 0 radical (unpaired) electrons. The summed E-state index contributed by atoms with van der Waals surface area (Å²) in [6, 6.07) is 8.13. The van der Waals surface area contributed by atoms with Crippen LogP contribution in [0.3, 0.4) is 0 Å². The van der Waals surface area contributed by atoms with Gasteiger partial charge in [-0.25, -0.2) is 13.0 Å². The molecule has 136 valence electrons. The topological polar surface area (TPSA) is 131 Å². The predicted octanol–water partition coefficient (Wildman–Crippen LogP) is -10.3. The van der Waals surface area contributed by atoms with Crippen molar-refractivity contribution >= 4 is 16.1 Å². The molecular formula is C15H14ClNNa2O7S. The van der Waals surface area contributed by atoms with Gasteiger partial charge in [0.2, 0.25) is 0 Å². The van der Waals surface area contributed by atoms with Gasteiger partial charge >= 0.3 is 59.1 Å². The van der Waals surface area contributed by atoms with Crippen molar-refractivity contribution in [2.24, 2.45) is 0 Å². The van der Waals surface area contributed by atoms with Crippen LogP contribution >= 0.6 is 0 Å². The number of hydrogen-bond donors (Lipinski definition) is 1. The number of hydrogen-bond acceptors (Lipinski definition) is 7. The molecule has 0 saturated carbocycles. The average Bonchev–Trinajstić information content (AvgIpc) is 2.52. The summed E-state index contributed by atoms with van der Waals surface area (Å²) < 4.78 is 40.0. The molecule has 0 aliphatic heterocycles. The number of aromatic nitrogens is 1. The van der Waals surface area contributed by atoms with Gasteiger partial charge in [-0.1, -0.05) is 12.1 Å². The number of pyridine rings is 1. The van der Waals surface area contributed by atoms with E-state index in [9.17, 15) is 28.0 Å². The maximum atomic E-state index is 11.1. The number of rotatable bonds is 7. The predicted molar refractivity (Wildman–Crippen MR) is 76.9 cm³/mol. The Bertz CT molecular complexity index is 852. The number of para-hydroxylation sites is 1. The Morgan fingerprint density at radius 1 is 1.19 bits per heavy atom. The third-order valence-electron chi connectivity index (χ3n) is 3.07. The number of nitrogens with zero attached hydrogens (tertiary/aromatic N) is 1. The molecule has 0 saturated heterocycles. The summed E-state index contributed by atoms with van der Waals surface area (Å²) in [4.78, 5) is 10.3. The van der Waals surface area contributed by atoms with Crippen molar-refractivity contribution in [1.29, 1.82) is 0 Å². The van der Waals surface area contributed by atoms with Crippen molar-refractivity contribution in [2.75, 3.05) is 6.61 Å². The summed E-state index contributed by atoms with van der Waals surface area (Å²) in [5.41, 5.74) is -0.0478. The SMILES string of the molecule is O=C([O-])c1ccc[n+](CC(O)COc2ccccc2S(=O)(=O)[O-])c1.[Cl-].[Na+].[Na+]. The minimum absolute atomic E-state index is 0. The monoisotopic (exact) mass is 433 g/mol. The molecular weight excluding hydrogens is 420 g/mol. The van der Waals surface area contributed by atoms with Gasteiger partial charge in [-0.05, 0) is 18.2 Å². The number of benzene rings is 1. The first-order chi connectivity index (χ1) is 11.3. The van der Waals surface area contributed by atoms with E-state index in [0.717, 1.165) is 6.07 Å². The van der Waals surface area contributed by atoms with Gasteiger partial charge in [0.25, 0.3) is 0 Å². The smallest absolute Gasteiger partial charge is 1.00 e. The van der Waals surface area contributed by atoms with Gasteiger partial charge < -0.3 is 36.7 Å². The summed E-state index contributed by atoms with van der Waals surface area (Å²) >= 11 is 0. The van der Waals surface area contributed by atoms with E-state index in [0.29, 0.717) is 0 Å². The summed E-state index contributed by atoms with van der Waals surface area (Å²) in [5.74, 6) is -1.50. The normalized spacial score (nSPS) is 11.2. The molecule has 1 N–H and O–H groups in total. The fraction of sp³-hybridized carbons (Fsp3) is 0.200. The van der Waals surface area contributed by atoms with Gasteiger partial charge in [0.1, 0.15) is 28.6 Å². The van der Waals surface area contributed by atoms with Crippen LogP contribution in [0.1, 0.15) is 10.4 Å². The van der Waals surface area contributed by atoms with Crippen LogP contribution in [0.2, 0.25) is 0 Å². The molecule has 0 bridgehead atoms. The van der Waals surface area contributed by atoms with E-state index in [1.165, 1.54) is 41.1 Å². The zero-order valence-electron chi connectivity index (χ0n) is 14.7. The molecule has 0 spiro atoms. The summed E-state index contributed by atoms with van der Waals surface area (Å²) in [7, 11) is -4.69. The molecule has 1 heterocycles. The molecule has 8 nitrogen and oxygen atoms in total. The van der Waals surface area contributed by atoms with Crippen LogP contribution in [-0.4, -0.2) is 36.8 Å². The Morgan fingerprint density at radius 2 is 1.81 bits per heavy atom. The summed E-state index contributed by atoms with van der Waals surface area (Å²) in [6.07, 6.45) is 1.77. The van der Waals surface area contributed by atoms with E-state index in [1.54, 1.807) is 6.20 Å². The maximum Gasteiger partial charge on any atom is 1.00 e. The number of carbonyl (C=O) groups excluding carboxylic acids is 1. The van der Waals surface area contributed by atoms with E-state index in [-0.39, 0.29) is 96.0 Å². The minimum atomic E-state index is -4.69. The second-order valence-corrected chi connectivity index (χ2v) is 6.29. The fourth-order valence-corrected chi connectivity index (χ4v) is 2.63. The molecule has 0 aliphatic rings. The molecule has 0 amide bonds. The first kappa shape index (κ1) is 29.0. The van der Waals surface area contributed by atoms with Crippen molar-refractivity contribution < 1.29 is 109 Å². The number of halogens is 1. The second-order valence-electron chi connectivity index (χ2n) is 4.94. The molecule has 1 atom stereocenters. The summed E-state index contributed by atoms with van der Waals surface area (Å²) in [6.45, 7) is -0.275. The zero-order chi connectivity index (χ0) is 17.7. The molecule has 2 rings (SSSR count). The molecule has 1 unspecified atom stereocenters. The standard InChI is InChI=1S/C15H15NO7S.ClH.2Na/c17-12(9-16-7-3-4-11(8-16)15(18)19)10-23-13-5-1-2-6-14(13)24(20,21)22;;;/h1-8,12,17H,9-10H2,(H-,18,19,20,21,22);1H;;/q;;2*+1/p-2. The third-order valence-corrected chi connectivity index (χ3v) is 3.94. The van der Waals surface area contributed by atoms with Crippen LogP contribution in [0.4, 0.5) is 0 Å². The van der Waals surface area contributed by atoms with Gasteiger partial charge in [0, 0.05) is 6.07 Å². The average molecular weight is 434 g/mol. The Hall–Kier alpha value is -0.200. The first-order valence-electron chi connectivity index (χ1n) is 6.83. The van der Waals surface area contributed by atoms with E-state index in [1.807, 2.05) is 0 Å². The Balaban J connectivity index is 0. The van der Waals surface area contributed by atoms with Crippen molar-refractivity contribution in [3.63, 3.8) is 0 Å². The van der Waals surface area contributed by atoms with Crippen LogP contribution in [0.25, 0.3) is 0 Å². The van der Waals surface area contributed by atoms with E-state index >= 15 is 0 Å². The number of aromatic carboxylic acids is 1. The number of aliphatic hydroxyl groups excluding tert-OH is 1. The quantitative estimate of drug-likeness (QED) is 0.260. The third kappa shape index (κ3) is 9.23. The maximum absolute atomic E-state index is 11.1. The Labute approximate surface area is 207 Å². The Kier molecular flexibility index (Phi) is 14.1.